The lowest BCUT2D eigenvalue weighted by Crippen LogP contribution is -2.29. The minimum absolute atomic E-state index is 0.0392. The van der Waals surface area contributed by atoms with Gasteiger partial charge in [0.05, 0.1) is 13.2 Å². The van der Waals surface area contributed by atoms with Crippen molar-refractivity contribution in [3.05, 3.63) is 85.1 Å². The van der Waals surface area contributed by atoms with Crippen molar-refractivity contribution in [1.82, 2.24) is 0 Å². The second kappa shape index (κ2) is 41.8. The molecular weight excluding hydrogens is 725 g/mol. The van der Waals surface area contributed by atoms with Crippen molar-refractivity contribution >= 4 is 19.8 Å². The number of nitrogens with two attached hydrogens (primary N) is 1. The van der Waals surface area contributed by atoms with E-state index in [0.717, 1.165) is 83.5 Å². The molecule has 0 aliphatic heterocycles. The molecule has 0 bridgehead atoms. The van der Waals surface area contributed by atoms with Gasteiger partial charge in [-0.1, -0.05) is 157 Å². The summed E-state index contributed by atoms with van der Waals surface area (Å²) >= 11 is 0. The molecule has 0 amide bonds. The van der Waals surface area contributed by atoms with Gasteiger partial charge in [0.25, 0.3) is 0 Å². The quantitative estimate of drug-likeness (QED) is 0.0269. The van der Waals surface area contributed by atoms with E-state index in [1.165, 1.54) is 38.5 Å². The SMILES string of the molecule is CC/C=C/C/C=C/C/C=C/C/C=C/C/C=C/CCCCCCCCC(=O)OCC(COP(=O)(O)OCCN)OC(=O)CC/C=C/C/C=C/CCCCCCCC. The zero-order chi connectivity index (χ0) is 41.1. The van der Waals surface area contributed by atoms with E-state index in [1.54, 1.807) is 0 Å². The Morgan fingerprint density at radius 1 is 0.554 bits per heavy atom. The highest BCUT2D eigenvalue weighted by Gasteiger charge is 2.25. The average Bonchev–Trinajstić information content (AvgIpc) is 3.18. The highest BCUT2D eigenvalue weighted by atomic mass is 31.2. The number of phosphoric ester groups is 1. The van der Waals surface area contributed by atoms with Crippen LogP contribution in [-0.2, 0) is 32.7 Å². The van der Waals surface area contributed by atoms with Crippen LogP contribution in [0.15, 0.2) is 85.1 Å². The van der Waals surface area contributed by atoms with Crippen molar-refractivity contribution in [3.8, 4) is 0 Å². The number of rotatable bonds is 39. The molecule has 9 nitrogen and oxygen atoms in total. The van der Waals surface area contributed by atoms with Crippen molar-refractivity contribution in [2.24, 2.45) is 5.73 Å². The van der Waals surface area contributed by atoms with Crippen LogP contribution >= 0.6 is 7.82 Å². The first kappa shape index (κ1) is 53.2. The standard InChI is InChI=1S/C46H78NO8P/c1-3-5-7-9-11-13-15-17-18-19-20-21-22-23-24-25-27-28-30-32-34-36-38-45(48)52-42-44(43-54-56(50,51)53-41-40-47)55-46(49)39-37-35-33-31-29-26-16-14-12-10-8-6-4-2/h5,7,11,13,17-18,20-21,23-24,26,29,33,35,44H,3-4,6,8-10,12,14-16,19,22,25,27-28,30-32,34,36-43,47H2,1-2H3,(H,50,51)/b7-5+,13-11+,18-17+,21-20+,24-23+,29-26+,35-33+. The van der Waals surface area contributed by atoms with Crippen LogP contribution in [0.3, 0.4) is 0 Å². The molecule has 0 aromatic rings. The molecule has 10 heteroatoms. The van der Waals surface area contributed by atoms with Gasteiger partial charge in [-0.2, -0.15) is 0 Å². The maximum atomic E-state index is 12.5. The topological polar surface area (TPSA) is 134 Å². The van der Waals surface area contributed by atoms with E-state index in [-0.39, 0.29) is 32.6 Å². The lowest BCUT2D eigenvalue weighted by Gasteiger charge is -2.19. The normalized spacial score (nSPS) is 14.1. The molecule has 0 spiro atoms. The lowest BCUT2D eigenvalue weighted by molar-refractivity contribution is -0.161. The first-order valence-electron chi connectivity index (χ1n) is 21.6. The summed E-state index contributed by atoms with van der Waals surface area (Å²) in [6, 6.07) is 0. The Hall–Kier alpha value is -2.81. The van der Waals surface area contributed by atoms with E-state index in [1.807, 2.05) is 12.2 Å². The summed E-state index contributed by atoms with van der Waals surface area (Å²) in [6.07, 6.45) is 52.0. The number of allylic oxidation sites excluding steroid dienone is 14. The van der Waals surface area contributed by atoms with Crippen LogP contribution in [0.4, 0.5) is 0 Å². The number of unbranched alkanes of at least 4 members (excludes halogenated alkanes) is 12. The second-order valence-electron chi connectivity index (χ2n) is 13.8. The fourth-order valence-corrected chi connectivity index (χ4v) is 6.12. The summed E-state index contributed by atoms with van der Waals surface area (Å²) in [5, 5.41) is 0. The molecule has 0 radical (unpaired) electrons. The van der Waals surface area contributed by atoms with E-state index < -0.39 is 32.5 Å². The Kier molecular flexibility index (Phi) is 39.7. The van der Waals surface area contributed by atoms with Gasteiger partial charge in [0, 0.05) is 19.4 Å². The molecular formula is C46H78NO8P. The molecule has 0 fully saturated rings. The van der Waals surface area contributed by atoms with Gasteiger partial charge in [-0.15, -0.1) is 0 Å². The summed E-state index contributed by atoms with van der Waals surface area (Å²) in [6.45, 7) is 3.50. The van der Waals surface area contributed by atoms with Gasteiger partial charge < -0.3 is 20.1 Å². The predicted molar refractivity (Wildman–Crippen MR) is 233 cm³/mol. The number of hydrogen-bond donors (Lipinski definition) is 2. The Balaban J connectivity index is 4.23. The lowest BCUT2D eigenvalue weighted by atomic mass is 10.1. The molecule has 2 atom stereocenters. The smallest absolute Gasteiger partial charge is 0.462 e. The van der Waals surface area contributed by atoms with E-state index in [9.17, 15) is 19.0 Å². The van der Waals surface area contributed by atoms with Crippen LogP contribution in [-0.4, -0.2) is 49.3 Å². The Bertz CT molecular complexity index is 1190. The molecule has 0 saturated heterocycles. The Labute approximate surface area is 341 Å². The van der Waals surface area contributed by atoms with Crippen LogP contribution in [0, 0.1) is 0 Å². The van der Waals surface area contributed by atoms with E-state index in [0.29, 0.717) is 12.8 Å². The van der Waals surface area contributed by atoms with Gasteiger partial charge in [-0.3, -0.25) is 18.6 Å². The molecule has 0 heterocycles. The molecule has 0 aromatic heterocycles. The summed E-state index contributed by atoms with van der Waals surface area (Å²) in [5.41, 5.74) is 5.34. The molecule has 0 aromatic carbocycles. The molecule has 2 unspecified atom stereocenters. The number of ether oxygens (including phenoxy) is 2. The largest absolute Gasteiger partial charge is 0.472 e. The molecule has 0 aliphatic carbocycles. The van der Waals surface area contributed by atoms with Crippen LogP contribution in [0.1, 0.15) is 162 Å². The third-order valence-corrected chi connectivity index (χ3v) is 9.51. The molecule has 320 valence electrons. The number of carbonyl (C=O) groups is 2. The van der Waals surface area contributed by atoms with Gasteiger partial charge in [0.1, 0.15) is 6.61 Å². The number of carbonyl (C=O) groups excluding carboxylic acids is 2. The maximum absolute atomic E-state index is 12.5. The van der Waals surface area contributed by atoms with E-state index >= 15 is 0 Å². The molecule has 0 saturated carbocycles. The first-order chi connectivity index (χ1) is 27.3. The van der Waals surface area contributed by atoms with Gasteiger partial charge in [0.2, 0.25) is 0 Å². The summed E-state index contributed by atoms with van der Waals surface area (Å²) in [5.74, 6) is -0.932. The average molecular weight is 804 g/mol. The third kappa shape index (κ3) is 40.8. The Morgan fingerprint density at radius 2 is 1.02 bits per heavy atom. The molecule has 0 rings (SSSR count). The Morgan fingerprint density at radius 3 is 1.54 bits per heavy atom. The minimum Gasteiger partial charge on any atom is -0.462 e. The van der Waals surface area contributed by atoms with Crippen molar-refractivity contribution in [3.63, 3.8) is 0 Å². The van der Waals surface area contributed by atoms with Gasteiger partial charge in [-0.05, 0) is 77.0 Å². The van der Waals surface area contributed by atoms with E-state index in [4.69, 9.17) is 24.3 Å². The van der Waals surface area contributed by atoms with Crippen LogP contribution in [0.5, 0.6) is 0 Å². The highest BCUT2D eigenvalue weighted by molar-refractivity contribution is 7.47. The third-order valence-electron chi connectivity index (χ3n) is 8.53. The van der Waals surface area contributed by atoms with Crippen molar-refractivity contribution in [2.45, 2.75) is 168 Å². The van der Waals surface area contributed by atoms with Gasteiger partial charge in [0.15, 0.2) is 6.10 Å². The summed E-state index contributed by atoms with van der Waals surface area (Å²) in [7, 11) is -4.40. The molecule has 3 N–H and O–H groups in total. The van der Waals surface area contributed by atoms with E-state index in [2.05, 4.69) is 86.8 Å². The zero-order valence-electron chi connectivity index (χ0n) is 35.1. The predicted octanol–water partition coefficient (Wildman–Crippen LogP) is 12.4. The van der Waals surface area contributed by atoms with Crippen molar-refractivity contribution < 1.29 is 37.6 Å². The van der Waals surface area contributed by atoms with Crippen LogP contribution in [0.2, 0.25) is 0 Å². The molecule has 56 heavy (non-hydrogen) atoms. The summed E-state index contributed by atoms with van der Waals surface area (Å²) in [4.78, 5) is 34.8. The van der Waals surface area contributed by atoms with Crippen molar-refractivity contribution in [1.29, 1.82) is 0 Å². The van der Waals surface area contributed by atoms with Crippen molar-refractivity contribution in [2.75, 3.05) is 26.4 Å². The highest BCUT2D eigenvalue weighted by Crippen LogP contribution is 2.43. The van der Waals surface area contributed by atoms with Crippen LogP contribution < -0.4 is 5.73 Å². The molecule has 0 aliphatic rings. The fraction of sp³-hybridized carbons (Fsp3) is 0.652. The van der Waals surface area contributed by atoms with Crippen LogP contribution in [0.25, 0.3) is 0 Å². The monoisotopic (exact) mass is 804 g/mol. The first-order valence-corrected chi connectivity index (χ1v) is 23.1. The number of esters is 2. The fourth-order valence-electron chi connectivity index (χ4n) is 5.36. The number of hydrogen-bond acceptors (Lipinski definition) is 8. The number of phosphoric acid groups is 1. The maximum Gasteiger partial charge on any atom is 0.472 e. The second-order valence-corrected chi connectivity index (χ2v) is 15.3. The van der Waals surface area contributed by atoms with Gasteiger partial charge >= 0.3 is 19.8 Å². The zero-order valence-corrected chi connectivity index (χ0v) is 36.0. The van der Waals surface area contributed by atoms with Gasteiger partial charge in [-0.25, -0.2) is 4.57 Å². The summed E-state index contributed by atoms with van der Waals surface area (Å²) < 4.78 is 32.7. The minimum atomic E-state index is -4.40.